The zero-order valence-corrected chi connectivity index (χ0v) is 19.4. The molecule has 23 heavy (non-hydrogen) atoms. The van der Waals surface area contributed by atoms with Crippen molar-refractivity contribution in [2.24, 2.45) is 5.92 Å². The number of halogens is 2. The van der Waals surface area contributed by atoms with E-state index in [0.29, 0.717) is 0 Å². The molecular formula is C20H24Cl2Hf. The van der Waals surface area contributed by atoms with Crippen LogP contribution in [0.2, 0.25) is 8.35 Å². The standard InChI is InChI=1S/C9H7.C9H13.C2H4.2ClH.Hf/c1-2-5-9-7-3-6-8(9)4-1;1-6-5-7(2)9(4)8(6)3;1-2;;;/h1-7H;6H,1-4H3;1-2H2;2*1H;/q;;;;;+2/p-2. The van der Waals surface area contributed by atoms with Crippen molar-refractivity contribution < 1.29 is 44.8 Å². The quantitative estimate of drug-likeness (QED) is 0.490. The van der Waals surface area contributed by atoms with Crippen LogP contribution in [0.5, 0.6) is 0 Å². The maximum Gasteiger partial charge on any atom is -1.00 e. The van der Waals surface area contributed by atoms with Gasteiger partial charge in [0.1, 0.15) is 0 Å². The molecule has 1 aromatic carbocycles. The monoisotopic (exact) mass is 514 g/mol. The minimum absolute atomic E-state index is 0. The first-order valence-electron chi connectivity index (χ1n) is 8.22. The zero-order valence-electron chi connectivity index (χ0n) is 14.3. The number of allylic oxidation sites excluding steroid dienone is 5. The van der Waals surface area contributed by atoms with Crippen molar-refractivity contribution in [2.45, 2.75) is 39.7 Å². The molecule has 2 atom stereocenters. The topological polar surface area (TPSA) is 0 Å². The largest absolute Gasteiger partial charge is 1.00 e. The smallest absolute Gasteiger partial charge is 1.00 e. The predicted molar refractivity (Wildman–Crippen MR) is 88.1 cm³/mol. The van der Waals surface area contributed by atoms with Crippen molar-refractivity contribution in [3.8, 4) is 0 Å². The Hall–Kier alpha value is -0.110. The van der Waals surface area contributed by atoms with Crippen molar-refractivity contribution in [2.75, 3.05) is 0 Å². The molecule has 0 nitrogen and oxygen atoms in total. The Bertz CT molecular complexity index is 723. The zero-order chi connectivity index (χ0) is 14.8. The van der Waals surface area contributed by atoms with Gasteiger partial charge in [-0.25, -0.2) is 0 Å². The van der Waals surface area contributed by atoms with Gasteiger partial charge >= 0.3 is 133 Å². The molecule has 0 saturated carbocycles. The minimum Gasteiger partial charge on any atom is -1.00 e. The van der Waals surface area contributed by atoms with Crippen LogP contribution in [0.25, 0.3) is 6.08 Å². The molecule has 1 heterocycles. The summed E-state index contributed by atoms with van der Waals surface area (Å²) in [5, 5.41) is 0. The summed E-state index contributed by atoms with van der Waals surface area (Å²) in [5.41, 5.74) is 8.05. The molecule has 3 heteroatoms. The van der Waals surface area contributed by atoms with Crippen molar-refractivity contribution >= 4 is 6.08 Å². The van der Waals surface area contributed by atoms with Crippen molar-refractivity contribution in [1.29, 1.82) is 0 Å². The average Bonchev–Trinajstić information content (AvgIpc) is 3.11. The molecule has 0 N–H and O–H groups in total. The molecule has 3 aliphatic rings. The third-order valence-corrected chi connectivity index (χ3v) is 24.9. The summed E-state index contributed by atoms with van der Waals surface area (Å²) in [5.74, 6) is 0.732. The fraction of sp³-hybridized carbons (Fsp3) is 0.400. The molecule has 1 fully saturated rings. The van der Waals surface area contributed by atoms with E-state index in [1.807, 2.05) is 3.33 Å². The Morgan fingerprint density at radius 2 is 1.61 bits per heavy atom. The van der Waals surface area contributed by atoms with E-state index in [1.165, 1.54) is 5.56 Å². The Morgan fingerprint density at radius 1 is 0.957 bits per heavy atom. The van der Waals surface area contributed by atoms with Crippen molar-refractivity contribution in [3.63, 3.8) is 0 Å². The van der Waals surface area contributed by atoms with Gasteiger partial charge in [-0.05, 0) is 0 Å². The summed E-state index contributed by atoms with van der Waals surface area (Å²) in [6.45, 7) is 9.58. The predicted octanol–water partition coefficient (Wildman–Crippen LogP) is 0.0267. The summed E-state index contributed by atoms with van der Waals surface area (Å²) in [6.07, 6.45) is 4.96. The second kappa shape index (κ2) is 6.65. The Kier molecular flexibility index (Phi) is 5.56. The molecule has 4 rings (SSSR count). The molecule has 0 spiro atoms. The van der Waals surface area contributed by atoms with E-state index >= 15 is 0 Å². The minimum atomic E-state index is -2.32. The van der Waals surface area contributed by atoms with Gasteiger partial charge in [-0.15, -0.1) is 0 Å². The van der Waals surface area contributed by atoms with Gasteiger partial charge in [-0.1, -0.05) is 0 Å². The third kappa shape index (κ3) is 2.68. The van der Waals surface area contributed by atoms with Gasteiger partial charge in [0.15, 0.2) is 0 Å². The number of hydrogen-bond donors (Lipinski definition) is 0. The van der Waals surface area contributed by atoms with E-state index in [2.05, 4.69) is 64.1 Å². The number of benzene rings is 1. The Morgan fingerprint density at radius 3 is 2.17 bits per heavy atom. The average molecular weight is 514 g/mol. The normalized spacial score (nSPS) is 25.4. The first kappa shape index (κ1) is 19.2. The number of fused-ring (bicyclic) bond motifs is 1. The molecule has 1 aromatic rings. The van der Waals surface area contributed by atoms with Crippen LogP contribution in [0.1, 0.15) is 42.5 Å². The molecule has 0 bridgehead atoms. The molecule has 2 unspecified atom stereocenters. The van der Waals surface area contributed by atoms with Gasteiger partial charge in [0.25, 0.3) is 0 Å². The molecule has 1 saturated heterocycles. The first-order valence-corrected chi connectivity index (χ1v) is 17.2. The molecule has 0 amide bonds. The maximum absolute atomic E-state index is 2.56. The fourth-order valence-corrected chi connectivity index (χ4v) is 31.0. The summed E-state index contributed by atoms with van der Waals surface area (Å²) < 4.78 is 5.94. The SMILES string of the molecule is CC1=C(C)C(C)[C]([Hf+2]2([CH]3C=Cc4ccccc43)[CH2][CH2]2)=C1C.[Cl-].[Cl-]. The summed E-state index contributed by atoms with van der Waals surface area (Å²) in [4.78, 5) is 0. The molecule has 0 radical (unpaired) electrons. The second-order valence-corrected chi connectivity index (χ2v) is 23.3. The summed E-state index contributed by atoms with van der Waals surface area (Å²) >= 11 is -2.32. The molecule has 2 aliphatic carbocycles. The van der Waals surface area contributed by atoms with Gasteiger partial charge in [-0.2, -0.15) is 0 Å². The number of rotatable bonds is 2. The van der Waals surface area contributed by atoms with Crippen LogP contribution >= 0.6 is 0 Å². The van der Waals surface area contributed by atoms with E-state index in [4.69, 9.17) is 0 Å². The van der Waals surface area contributed by atoms with Gasteiger partial charge in [0.2, 0.25) is 0 Å². The molecule has 1 aliphatic heterocycles. The van der Waals surface area contributed by atoms with Gasteiger partial charge in [-0.3, -0.25) is 0 Å². The van der Waals surface area contributed by atoms with Gasteiger partial charge in [0.05, 0.1) is 0 Å². The van der Waals surface area contributed by atoms with Crippen LogP contribution in [0.15, 0.2) is 50.4 Å². The van der Waals surface area contributed by atoms with Crippen LogP contribution in [-0.2, 0) is 20.0 Å². The van der Waals surface area contributed by atoms with Crippen molar-refractivity contribution in [1.82, 2.24) is 0 Å². The van der Waals surface area contributed by atoms with Gasteiger partial charge in [0, 0.05) is 0 Å². The van der Waals surface area contributed by atoms with Crippen LogP contribution in [0.4, 0.5) is 0 Å². The van der Waals surface area contributed by atoms with E-state index in [0.717, 1.165) is 9.59 Å². The van der Waals surface area contributed by atoms with E-state index in [1.54, 1.807) is 30.6 Å². The van der Waals surface area contributed by atoms with Gasteiger partial charge < -0.3 is 24.8 Å². The van der Waals surface area contributed by atoms with Crippen LogP contribution in [0, 0.1) is 5.92 Å². The summed E-state index contributed by atoms with van der Waals surface area (Å²) in [6, 6.07) is 9.10. The van der Waals surface area contributed by atoms with Crippen LogP contribution in [-0.4, -0.2) is 0 Å². The number of hydrogen-bond acceptors (Lipinski definition) is 0. The Balaban J connectivity index is 0.000000960. The van der Waals surface area contributed by atoms with Crippen LogP contribution in [0.3, 0.4) is 0 Å². The van der Waals surface area contributed by atoms with Crippen LogP contribution < -0.4 is 24.8 Å². The van der Waals surface area contributed by atoms with Crippen molar-refractivity contribution in [3.05, 3.63) is 61.5 Å². The van der Waals surface area contributed by atoms with E-state index in [-0.39, 0.29) is 24.8 Å². The summed E-state index contributed by atoms with van der Waals surface area (Å²) in [7, 11) is 0. The first-order chi connectivity index (χ1) is 10.1. The molecule has 122 valence electrons. The third-order valence-electron chi connectivity index (χ3n) is 6.36. The van der Waals surface area contributed by atoms with E-state index in [9.17, 15) is 0 Å². The second-order valence-electron chi connectivity index (χ2n) is 7.19. The molecule has 0 aromatic heterocycles. The molecular weight excluding hydrogens is 490 g/mol. The Labute approximate surface area is 157 Å². The van der Waals surface area contributed by atoms with E-state index < -0.39 is 20.0 Å². The fourth-order valence-electron chi connectivity index (χ4n) is 4.78. The maximum atomic E-state index is 2.56.